The number of Topliss-reactive ketones (excluding diaryl/α,β-unsaturated/α-hetero) is 1. The first-order valence-electron chi connectivity index (χ1n) is 25.6. The Balaban J connectivity index is 1.21. The fourth-order valence-corrected chi connectivity index (χ4v) is 13.8. The Labute approximate surface area is 399 Å². The quantitative estimate of drug-likeness (QED) is 0.0801. The number of aliphatic hydroxyl groups excluding tert-OH is 3. The van der Waals surface area contributed by atoms with Crippen molar-refractivity contribution in [1.29, 1.82) is 0 Å². The summed E-state index contributed by atoms with van der Waals surface area (Å²) < 4.78 is 13.1. The van der Waals surface area contributed by atoms with Gasteiger partial charge >= 0.3 is 11.9 Å². The predicted molar refractivity (Wildman–Crippen MR) is 256 cm³/mol. The first kappa shape index (κ1) is 46.7. The van der Waals surface area contributed by atoms with Crippen molar-refractivity contribution in [2.75, 3.05) is 11.9 Å². The second kappa shape index (κ2) is 19.4. The Kier molecular flexibility index (Phi) is 13.3. The topological polar surface area (TPSA) is 183 Å². The van der Waals surface area contributed by atoms with Crippen LogP contribution in [0.15, 0.2) is 60.2 Å². The molecule has 3 aromatic carbocycles. The molecule has 68 heavy (non-hydrogen) atoms. The highest BCUT2D eigenvalue weighted by atomic mass is 16.6. The number of aliphatic hydroxyl groups is 4. The summed E-state index contributed by atoms with van der Waals surface area (Å²) in [5, 5.41) is 62.8. The van der Waals surface area contributed by atoms with Crippen molar-refractivity contribution >= 4 is 23.4 Å². The third kappa shape index (κ3) is 9.14. The Hall–Kier alpha value is -4.99. The molecule has 0 spiro atoms. The van der Waals surface area contributed by atoms with Gasteiger partial charge in [0, 0.05) is 60.0 Å². The van der Waals surface area contributed by atoms with Crippen LogP contribution in [0, 0.1) is 41.4 Å². The van der Waals surface area contributed by atoms with Gasteiger partial charge in [-0.2, -0.15) is 0 Å². The fourth-order valence-electron chi connectivity index (χ4n) is 13.8. The van der Waals surface area contributed by atoms with Crippen molar-refractivity contribution in [3.63, 3.8) is 0 Å². The highest BCUT2D eigenvalue weighted by molar-refractivity contribution is 5.89. The molecule has 3 aromatic rings. The first-order valence-corrected chi connectivity index (χ1v) is 25.6. The molecule has 6 N–H and O–H groups in total. The van der Waals surface area contributed by atoms with Gasteiger partial charge in [-0.15, -0.1) is 0 Å². The number of carbonyl (C=O) groups excluding carboxylic acids is 3. The Morgan fingerprint density at radius 1 is 0.853 bits per heavy atom. The number of anilines is 1. The van der Waals surface area contributed by atoms with Crippen LogP contribution >= 0.6 is 0 Å². The van der Waals surface area contributed by atoms with Crippen LogP contribution in [0.2, 0.25) is 0 Å². The Bertz CT molecular complexity index is 2530. The van der Waals surface area contributed by atoms with Crippen LogP contribution in [-0.2, 0) is 45.0 Å². The van der Waals surface area contributed by atoms with E-state index in [2.05, 4.69) is 23.2 Å². The number of aromatic hydroxyl groups is 1. The Morgan fingerprint density at radius 3 is 2.41 bits per heavy atom. The monoisotopic (exact) mass is 925 g/mol. The number of nitrogens with one attached hydrogen (secondary N) is 1. The van der Waals surface area contributed by atoms with Crippen LogP contribution in [-0.4, -0.2) is 73.7 Å². The van der Waals surface area contributed by atoms with Gasteiger partial charge in [-0.05, 0) is 134 Å². The number of hydrogen-bond acceptors (Lipinski definition) is 11. The second-order valence-electron chi connectivity index (χ2n) is 21.4. The third-order valence-corrected chi connectivity index (χ3v) is 17.0. The summed E-state index contributed by atoms with van der Waals surface area (Å²) in [5.74, 6) is 3.85. The maximum absolute atomic E-state index is 15.5. The highest BCUT2D eigenvalue weighted by Crippen LogP contribution is 2.59. The molecule has 0 aromatic heterocycles. The van der Waals surface area contributed by atoms with Crippen molar-refractivity contribution < 1.29 is 49.4 Å². The van der Waals surface area contributed by atoms with E-state index in [1.54, 1.807) is 19.1 Å². The molecule has 7 aliphatic rings. The van der Waals surface area contributed by atoms with Gasteiger partial charge in [-0.1, -0.05) is 80.7 Å². The van der Waals surface area contributed by atoms with E-state index in [4.69, 9.17) is 9.47 Å². The third-order valence-electron chi connectivity index (χ3n) is 17.0. The number of benzene rings is 3. The average molecular weight is 926 g/mol. The lowest BCUT2D eigenvalue weighted by Gasteiger charge is -2.59. The summed E-state index contributed by atoms with van der Waals surface area (Å²) in [6, 6.07) is 15.4. The zero-order valence-electron chi connectivity index (χ0n) is 39.3. The summed E-state index contributed by atoms with van der Waals surface area (Å²) in [6.07, 6.45) is 8.95. The van der Waals surface area contributed by atoms with E-state index >= 15 is 4.79 Å². The summed E-state index contributed by atoms with van der Waals surface area (Å²) in [5.41, 5.74) is 4.08. The predicted octanol–water partition coefficient (Wildman–Crippen LogP) is 8.00. The number of fused-ring (bicyclic) bond motifs is 9. The van der Waals surface area contributed by atoms with Gasteiger partial charge in [-0.3, -0.25) is 9.59 Å². The molecule has 0 unspecified atom stereocenters. The number of carbonyl (C=O) groups is 3. The number of ketones is 1. The van der Waals surface area contributed by atoms with Crippen molar-refractivity contribution in [3.8, 4) is 23.3 Å². The smallest absolute Gasteiger partial charge is 0.334 e. The van der Waals surface area contributed by atoms with Crippen LogP contribution in [0.3, 0.4) is 0 Å². The lowest BCUT2D eigenvalue weighted by atomic mass is 9.48. The summed E-state index contributed by atoms with van der Waals surface area (Å²) in [6.45, 7) is 1.64. The van der Waals surface area contributed by atoms with Crippen LogP contribution in [0.5, 0.6) is 11.5 Å². The second-order valence-corrected chi connectivity index (χ2v) is 21.4. The van der Waals surface area contributed by atoms with Crippen LogP contribution in [0.4, 0.5) is 5.69 Å². The number of hydrogen-bond donors (Lipinski definition) is 6. The number of ether oxygens (including phenoxy) is 2. The average Bonchev–Trinajstić information content (AvgIpc) is 3.33. The minimum absolute atomic E-state index is 0.00638. The van der Waals surface area contributed by atoms with Gasteiger partial charge in [0.25, 0.3) is 0 Å². The summed E-state index contributed by atoms with van der Waals surface area (Å²) in [4.78, 5) is 43.4. The van der Waals surface area contributed by atoms with Crippen molar-refractivity contribution in [2.24, 2.45) is 29.6 Å². The van der Waals surface area contributed by atoms with E-state index in [1.165, 1.54) is 0 Å². The minimum atomic E-state index is -1.58. The molecule has 0 saturated heterocycles. The molecular formula is C57H67NO10. The van der Waals surface area contributed by atoms with E-state index in [1.807, 2.05) is 36.4 Å². The first-order chi connectivity index (χ1) is 32.9. The van der Waals surface area contributed by atoms with Crippen molar-refractivity contribution in [3.05, 3.63) is 99.1 Å². The lowest BCUT2D eigenvalue weighted by molar-refractivity contribution is -0.228. The van der Waals surface area contributed by atoms with Crippen LogP contribution < -0.4 is 10.1 Å². The number of esters is 2. The van der Waals surface area contributed by atoms with E-state index in [0.29, 0.717) is 58.5 Å². The molecule has 10 rings (SSSR count). The molecule has 11 atom stereocenters. The van der Waals surface area contributed by atoms with Crippen molar-refractivity contribution in [2.45, 2.75) is 164 Å². The maximum atomic E-state index is 15.5. The largest absolute Gasteiger partial charge is 0.507 e. The van der Waals surface area contributed by atoms with Crippen LogP contribution in [0.1, 0.15) is 154 Å². The number of rotatable bonds is 6. The molecule has 0 radical (unpaired) electrons. The number of phenolic OH excluding ortho intramolecular Hbond substituents is 1. The molecule has 4 saturated carbocycles. The molecule has 4 fully saturated rings. The lowest BCUT2D eigenvalue weighted by Crippen LogP contribution is -2.65. The van der Waals surface area contributed by atoms with E-state index in [0.717, 1.165) is 75.3 Å². The van der Waals surface area contributed by atoms with Gasteiger partial charge in [0.15, 0.2) is 0 Å². The molecule has 3 aliphatic heterocycles. The SMILES string of the molecule is C[C@H](O)CNc1cc(CO)cc([C@H]2C#C[C@@H]3CC(=O)Oc4c3cc(c(O)c4C3CCCCC3)C[C@H]3OC(=O)/C(=C\[C@H](O)Cc4cccc(c4)C[C@@H]4C(=O)CC[C@@H]5[C@@H]4C[C@@H]4CCCC[C@H]4[C@]53O)C2)c1. The van der Waals surface area contributed by atoms with Gasteiger partial charge < -0.3 is 40.3 Å². The Morgan fingerprint density at radius 2 is 1.62 bits per heavy atom. The van der Waals surface area contributed by atoms with Gasteiger partial charge in [0.1, 0.15) is 29.0 Å². The summed E-state index contributed by atoms with van der Waals surface area (Å²) in [7, 11) is 0. The minimum Gasteiger partial charge on any atom is -0.507 e. The molecular weight excluding hydrogens is 859 g/mol. The highest BCUT2D eigenvalue weighted by Gasteiger charge is 2.62. The van der Waals surface area contributed by atoms with E-state index in [-0.39, 0.29) is 91.4 Å². The molecule has 4 aliphatic carbocycles. The van der Waals surface area contributed by atoms with E-state index in [9.17, 15) is 35.1 Å². The molecule has 11 nitrogen and oxygen atoms in total. The molecule has 3 heterocycles. The number of phenols is 1. The normalized spacial score (nSPS) is 32.9. The van der Waals surface area contributed by atoms with Crippen LogP contribution in [0.25, 0.3) is 0 Å². The van der Waals surface area contributed by atoms with E-state index < -0.39 is 47.7 Å². The zero-order chi connectivity index (χ0) is 47.3. The molecule has 360 valence electrons. The van der Waals surface area contributed by atoms with Gasteiger partial charge in [0.2, 0.25) is 0 Å². The molecule has 10 bridgehead atoms. The van der Waals surface area contributed by atoms with Gasteiger partial charge in [0.05, 0.1) is 31.2 Å². The zero-order valence-corrected chi connectivity index (χ0v) is 39.3. The van der Waals surface area contributed by atoms with Gasteiger partial charge in [-0.25, -0.2) is 4.79 Å². The molecule has 0 amide bonds. The standard InChI is InChI=1S/C57H67NO10/c1-32(60)30-58-43-20-35(31-59)19-40(24-43)37-14-15-38-29-52(63)68-55-45(38)27-41(54(64)53(55)36-10-3-2-4-11-36)28-51-57(66)48-13-6-5-12-39(48)26-46-47(50(62)17-16-49(46)57)22-34-9-7-8-33(18-34)21-44(61)25-42(23-37)56(65)67-51/h7-9,18-20,24-25,27,32,36-39,44,46-49,51,58-61,64,66H,2-6,10-13,16-17,21-23,26,28-31H2,1H3/b42-25-/t32-,37-,38+,39-,44+,46+,47-,48+,49+,51+,57-/m0/s1. The fraction of sp³-hybridized carbons (Fsp3) is 0.561. The van der Waals surface area contributed by atoms with Crippen molar-refractivity contribution in [1.82, 2.24) is 0 Å². The molecule has 11 heteroatoms. The maximum Gasteiger partial charge on any atom is 0.334 e. The summed E-state index contributed by atoms with van der Waals surface area (Å²) >= 11 is 0.